The highest BCUT2D eigenvalue weighted by atomic mass is 16.2. The summed E-state index contributed by atoms with van der Waals surface area (Å²) in [6, 6.07) is 16.7. The van der Waals surface area contributed by atoms with Crippen molar-refractivity contribution in [3.05, 3.63) is 71.8 Å². The summed E-state index contributed by atoms with van der Waals surface area (Å²) < 4.78 is 0. The van der Waals surface area contributed by atoms with Crippen molar-refractivity contribution in [2.24, 2.45) is 0 Å². The first-order chi connectivity index (χ1) is 13.4. The molecule has 8 heteroatoms. The molecule has 3 N–H and O–H groups in total. The van der Waals surface area contributed by atoms with Crippen molar-refractivity contribution >= 4 is 23.8 Å². The summed E-state index contributed by atoms with van der Waals surface area (Å²) in [5.74, 6) is -1.44. The highest BCUT2D eigenvalue weighted by molar-refractivity contribution is 6.08. The molecule has 2 aromatic rings. The third-order valence-corrected chi connectivity index (χ3v) is 4.45. The summed E-state index contributed by atoms with van der Waals surface area (Å²) in [5.41, 5.74) is 2.13. The van der Waals surface area contributed by atoms with Gasteiger partial charge in [0.15, 0.2) is 0 Å². The van der Waals surface area contributed by atoms with Gasteiger partial charge in [-0.15, -0.1) is 0 Å². The van der Waals surface area contributed by atoms with E-state index < -0.39 is 23.4 Å². The van der Waals surface area contributed by atoms with Crippen molar-refractivity contribution < 1.29 is 19.2 Å². The number of nitrogens with one attached hydrogen (secondary N) is 3. The summed E-state index contributed by atoms with van der Waals surface area (Å²) >= 11 is 0. The van der Waals surface area contributed by atoms with E-state index >= 15 is 0 Å². The van der Waals surface area contributed by atoms with Crippen LogP contribution in [0.1, 0.15) is 29.3 Å². The van der Waals surface area contributed by atoms with E-state index in [0.717, 1.165) is 0 Å². The lowest BCUT2D eigenvalue weighted by atomic mass is 9.92. The Morgan fingerprint density at radius 1 is 1.00 bits per heavy atom. The van der Waals surface area contributed by atoms with E-state index in [9.17, 15) is 19.2 Å². The van der Waals surface area contributed by atoms with Crippen LogP contribution in [-0.4, -0.2) is 35.3 Å². The maximum Gasteiger partial charge on any atom is 0.344 e. The molecular formula is C20H20N4O4. The molecule has 8 nitrogen and oxygen atoms in total. The molecule has 1 fully saturated rings. The van der Waals surface area contributed by atoms with Crippen LogP contribution in [0.2, 0.25) is 0 Å². The van der Waals surface area contributed by atoms with Crippen LogP contribution in [-0.2, 0) is 15.1 Å². The van der Waals surface area contributed by atoms with Gasteiger partial charge in [0.2, 0.25) is 5.91 Å². The molecule has 0 radical (unpaired) electrons. The predicted molar refractivity (Wildman–Crippen MR) is 101 cm³/mol. The number of carbonyl (C=O) groups excluding carboxylic acids is 4. The van der Waals surface area contributed by atoms with Crippen molar-refractivity contribution in [1.29, 1.82) is 0 Å². The quantitative estimate of drug-likeness (QED) is 0.657. The molecule has 1 aliphatic heterocycles. The molecule has 5 amide bonds. The maximum atomic E-state index is 12.7. The number of urea groups is 1. The highest BCUT2D eigenvalue weighted by Crippen LogP contribution is 2.27. The Kier molecular flexibility index (Phi) is 5.39. The molecule has 0 unspecified atom stereocenters. The van der Waals surface area contributed by atoms with Crippen LogP contribution in [0.25, 0.3) is 0 Å². The van der Waals surface area contributed by atoms with Gasteiger partial charge in [-0.3, -0.25) is 19.8 Å². The fourth-order valence-corrected chi connectivity index (χ4v) is 2.87. The molecule has 1 aliphatic rings. The van der Waals surface area contributed by atoms with Gasteiger partial charge in [0.05, 0.1) is 0 Å². The van der Waals surface area contributed by atoms with E-state index in [0.29, 0.717) is 16.1 Å². The molecule has 1 saturated heterocycles. The van der Waals surface area contributed by atoms with Gasteiger partial charge in [-0.05, 0) is 24.6 Å². The first kappa shape index (κ1) is 19.1. The molecule has 0 bridgehead atoms. The standard InChI is InChI=1S/C20H20N4O4/c1-20(15-10-6-3-7-11-15)18(27)24(19(28)22-20)23-16(25)12-13-21-17(26)14-8-4-2-5-9-14/h2-11H,12-13H2,1H3,(H,21,26)(H,22,28)(H,23,25)/t20-/m0/s1. The Balaban J connectivity index is 1.55. The number of amides is 5. The minimum Gasteiger partial charge on any atom is -0.352 e. The second kappa shape index (κ2) is 7.91. The van der Waals surface area contributed by atoms with E-state index in [1.807, 2.05) is 0 Å². The molecule has 1 heterocycles. The maximum absolute atomic E-state index is 12.7. The molecular weight excluding hydrogens is 360 g/mol. The fraction of sp³-hybridized carbons (Fsp3) is 0.200. The van der Waals surface area contributed by atoms with E-state index in [1.165, 1.54) is 0 Å². The van der Waals surface area contributed by atoms with E-state index in [1.54, 1.807) is 67.6 Å². The average Bonchev–Trinajstić information content (AvgIpc) is 2.93. The molecule has 0 saturated carbocycles. The van der Waals surface area contributed by atoms with Crippen molar-refractivity contribution in [2.45, 2.75) is 18.9 Å². The SMILES string of the molecule is C[C@@]1(c2ccccc2)NC(=O)N(NC(=O)CCNC(=O)c2ccccc2)C1=O. The first-order valence-electron chi connectivity index (χ1n) is 8.77. The minimum atomic E-state index is -1.26. The van der Waals surface area contributed by atoms with Crippen molar-refractivity contribution in [1.82, 2.24) is 21.1 Å². The lowest BCUT2D eigenvalue weighted by Gasteiger charge is -2.22. The van der Waals surface area contributed by atoms with Crippen molar-refractivity contribution in [3.63, 3.8) is 0 Å². The summed E-state index contributed by atoms with van der Waals surface area (Å²) in [7, 11) is 0. The normalized spacial score (nSPS) is 18.5. The van der Waals surface area contributed by atoms with Gasteiger partial charge >= 0.3 is 6.03 Å². The van der Waals surface area contributed by atoms with Gasteiger partial charge in [0.1, 0.15) is 5.54 Å². The smallest absolute Gasteiger partial charge is 0.344 e. The fourth-order valence-electron chi connectivity index (χ4n) is 2.87. The number of nitrogens with zero attached hydrogens (tertiary/aromatic N) is 1. The number of rotatable bonds is 6. The summed E-state index contributed by atoms with van der Waals surface area (Å²) in [6.45, 7) is 1.65. The Morgan fingerprint density at radius 2 is 1.61 bits per heavy atom. The average molecular weight is 380 g/mol. The van der Waals surface area contributed by atoms with Crippen LogP contribution in [0.4, 0.5) is 4.79 Å². The number of hydrogen-bond donors (Lipinski definition) is 3. The molecule has 0 spiro atoms. The van der Waals surface area contributed by atoms with Gasteiger partial charge in [-0.25, -0.2) is 4.79 Å². The molecule has 2 aromatic carbocycles. The predicted octanol–water partition coefficient (Wildman–Crippen LogP) is 1.30. The zero-order chi connectivity index (χ0) is 20.1. The van der Waals surface area contributed by atoms with Gasteiger partial charge in [-0.2, -0.15) is 5.01 Å². The summed E-state index contributed by atoms with van der Waals surface area (Å²) in [6.07, 6.45) is -0.0856. The van der Waals surface area contributed by atoms with Crippen molar-refractivity contribution in [2.75, 3.05) is 6.54 Å². The molecule has 28 heavy (non-hydrogen) atoms. The van der Waals surface area contributed by atoms with Crippen LogP contribution in [0.3, 0.4) is 0 Å². The molecule has 3 rings (SSSR count). The molecule has 0 aliphatic carbocycles. The monoisotopic (exact) mass is 380 g/mol. The molecule has 0 aromatic heterocycles. The largest absolute Gasteiger partial charge is 0.352 e. The van der Waals surface area contributed by atoms with Crippen LogP contribution in [0.5, 0.6) is 0 Å². The number of hydrogen-bond acceptors (Lipinski definition) is 4. The Hall–Kier alpha value is -3.68. The zero-order valence-electron chi connectivity index (χ0n) is 15.3. The summed E-state index contributed by atoms with van der Waals surface area (Å²) in [5, 5.41) is 5.89. The molecule has 1 atom stereocenters. The van der Waals surface area contributed by atoms with Gasteiger partial charge < -0.3 is 10.6 Å². The zero-order valence-corrected chi connectivity index (χ0v) is 15.3. The lowest BCUT2D eigenvalue weighted by Crippen LogP contribution is -2.48. The van der Waals surface area contributed by atoms with Crippen LogP contribution < -0.4 is 16.1 Å². The van der Waals surface area contributed by atoms with Crippen LogP contribution in [0, 0.1) is 0 Å². The minimum absolute atomic E-state index is 0.0686. The van der Waals surface area contributed by atoms with Crippen LogP contribution in [0.15, 0.2) is 60.7 Å². The molecule has 144 valence electrons. The lowest BCUT2D eigenvalue weighted by molar-refractivity contribution is -0.138. The van der Waals surface area contributed by atoms with Gasteiger partial charge in [-0.1, -0.05) is 48.5 Å². The Bertz CT molecular complexity index is 901. The summed E-state index contributed by atoms with van der Waals surface area (Å²) in [4.78, 5) is 48.9. The second-order valence-electron chi connectivity index (χ2n) is 6.47. The van der Waals surface area contributed by atoms with E-state index in [4.69, 9.17) is 0 Å². The van der Waals surface area contributed by atoms with Crippen LogP contribution >= 0.6 is 0 Å². The number of hydrazine groups is 1. The van der Waals surface area contributed by atoms with Gasteiger partial charge in [0.25, 0.3) is 11.8 Å². The second-order valence-corrected chi connectivity index (χ2v) is 6.47. The highest BCUT2D eigenvalue weighted by Gasteiger charge is 2.49. The number of carbonyl (C=O) groups is 4. The third kappa shape index (κ3) is 3.85. The van der Waals surface area contributed by atoms with E-state index in [2.05, 4.69) is 16.1 Å². The van der Waals surface area contributed by atoms with E-state index in [-0.39, 0.29) is 18.9 Å². The Labute approximate surface area is 161 Å². The first-order valence-corrected chi connectivity index (χ1v) is 8.77. The number of benzene rings is 2. The van der Waals surface area contributed by atoms with Crippen molar-refractivity contribution in [3.8, 4) is 0 Å². The Morgan fingerprint density at radius 3 is 2.25 bits per heavy atom. The number of imide groups is 1. The van der Waals surface area contributed by atoms with Gasteiger partial charge in [0, 0.05) is 18.5 Å². The topological polar surface area (TPSA) is 108 Å². The third-order valence-electron chi connectivity index (χ3n) is 4.45.